The maximum Gasteiger partial charge on any atom is 0.320 e. The fourth-order valence-corrected chi connectivity index (χ4v) is 3.21. The van der Waals surface area contributed by atoms with Gasteiger partial charge in [-0.3, -0.25) is 19.2 Å². The number of methoxy groups -OCH3 is 3. The summed E-state index contributed by atoms with van der Waals surface area (Å²) in [5, 5.41) is -1.79. The van der Waals surface area contributed by atoms with Gasteiger partial charge in [-0.1, -0.05) is 0 Å². The Morgan fingerprint density at radius 1 is 1.05 bits per heavy atom. The van der Waals surface area contributed by atoms with Crippen molar-refractivity contribution in [2.75, 3.05) is 21.3 Å². The Labute approximate surface area is 113 Å². The third-order valence-corrected chi connectivity index (χ3v) is 4.19. The molecule has 0 bridgehead atoms. The molecule has 0 aromatic heterocycles. The van der Waals surface area contributed by atoms with Crippen molar-refractivity contribution in [1.29, 1.82) is 0 Å². The monoisotopic (exact) mass is 290 g/mol. The summed E-state index contributed by atoms with van der Waals surface area (Å²) in [5.74, 6) is -3.84. The van der Waals surface area contributed by atoms with Gasteiger partial charge in [-0.2, -0.15) is 0 Å². The van der Waals surface area contributed by atoms with Gasteiger partial charge in [0.15, 0.2) is 5.78 Å². The van der Waals surface area contributed by atoms with Crippen LogP contribution in [0.15, 0.2) is 0 Å². The molecule has 0 spiro atoms. The van der Waals surface area contributed by atoms with Crippen LogP contribution in [0, 0.1) is 5.92 Å². The fourth-order valence-electron chi connectivity index (χ4n) is 1.73. The number of hydrogen-bond acceptors (Lipinski definition) is 8. The Morgan fingerprint density at radius 2 is 1.63 bits per heavy atom. The molecule has 1 saturated heterocycles. The second kappa shape index (κ2) is 6.55. The smallest absolute Gasteiger partial charge is 0.320 e. The molecule has 7 nitrogen and oxygen atoms in total. The molecule has 0 radical (unpaired) electrons. The molecule has 1 fully saturated rings. The van der Waals surface area contributed by atoms with Crippen LogP contribution in [0.1, 0.15) is 6.42 Å². The molecule has 0 unspecified atom stereocenters. The van der Waals surface area contributed by atoms with Crippen molar-refractivity contribution in [2.24, 2.45) is 5.92 Å². The molecule has 3 atom stereocenters. The summed E-state index contributed by atoms with van der Waals surface area (Å²) in [7, 11) is 3.49. The highest BCUT2D eigenvalue weighted by atomic mass is 32.2. The average Bonchev–Trinajstić information content (AvgIpc) is 2.74. The number of esters is 3. The van der Waals surface area contributed by atoms with E-state index in [1.165, 1.54) is 7.11 Å². The van der Waals surface area contributed by atoms with Crippen LogP contribution in [0.4, 0.5) is 0 Å². The Hall–Kier alpha value is -1.57. The van der Waals surface area contributed by atoms with Crippen molar-refractivity contribution in [3.05, 3.63) is 0 Å². The molecular weight excluding hydrogens is 276 g/mol. The Balaban J connectivity index is 2.92. The van der Waals surface area contributed by atoms with E-state index < -0.39 is 40.1 Å². The van der Waals surface area contributed by atoms with Gasteiger partial charge in [0, 0.05) is 0 Å². The molecular formula is C11H14O7S. The number of hydrogen-bond donors (Lipinski definition) is 0. The van der Waals surface area contributed by atoms with Crippen LogP contribution in [0.25, 0.3) is 0 Å². The number of Topliss-reactive ketones (excluding diaryl/α,β-unsaturated/α-hetero) is 1. The Bertz CT molecular complexity index is 406. The summed E-state index contributed by atoms with van der Waals surface area (Å²) in [4.78, 5) is 46.4. The van der Waals surface area contributed by atoms with Crippen LogP contribution in [0.5, 0.6) is 0 Å². The summed E-state index contributed by atoms with van der Waals surface area (Å²) in [6, 6.07) is 0. The van der Waals surface area contributed by atoms with Gasteiger partial charge in [0.1, 0.15) is 11.2 Å². The largest absolute Gasteiger partial charge is 0.469 e. The van der Waals surface area contributed by atoms with Crippen molar-refractivity contribution in [1.82, 2.24) is 0 Å². The normalized spacial score (nSPS) is 25.8. The maximum atomic E-state index is 12.1. The van der Waals surface area contributed by atoms with Gasteiger partial charge in [0.2, 0.25) is 0 Å². The molecule has 0 N–H and O–H groups in total. The number of carbonyl (C=O) groups is 4. The lowest BCUT2D eigenvalue weighted by atomic mass is 9.97. The minimum Gasteiger partial charge on any atom is -0.469 e. The van der Waals surface area contributed by atoms with Crippen LogP contribution < -0.4 is 0 Å². The molecule has 1 rings (SSSR count). The first-order chi connectivity index (χ1) is 8.96. The number of rotatable bonds is 4. The van der Waals surface area contributed by atoms with Crippen molar-refractivity contribution < 1.29 is 33.4 Å². The van der Waals surface area contributed by atoms with E-state index in [1.807, 2.05) is 0 Å². The van der Waals surface area contributed by atoms with Gasteiger partial charge in [-0.05, 0) is 0 Å². The predicted octanol–water partition coefficient (Wildman–Crippen LogP) is -0.435. The van der Waals surface area contributed by atoms with Gasteiger partial charge < -0.3 is 14.2 Å². The van der Waals surface area contributed by atoms with E-state index >= 15 is 0 Å². The molecule has 19 heavy (non-hydrogen) atoms. The standard InChI is InChI=1S/C11H14O7S/c1-16-6(12)4-5-8(13)7(10(14)17-2)9(19-5)11(15)18-3/h5,7,9H,4H2,1-3H3/t5-,7-,9+/m0/s1. The summed E-state index contributed by atoms with van der Waals surface area (Å²) >= 11 is 0.921. The summed E-state index contributed by atoms with van der Waals surface area (Å²) in [5.41, 5.74) is 0. The molecule has 0 aromatic rings. The van der Waals surface area contributed by atoms with E-state index in [-0.39, 0.29) is 6.42 Å². The quantitative estimate of drug-likeness (QED) is 0.391. The molecule has 1 aliphatic heterocycles. The molecule has 0 amide bonds. The minimum atomic E-state index is -1.24. The highest BCUT2D eigenvalue weighted by Crippen LogP contribution is 2.38. The molecule has 8 heteroatoms. The van der Waals surface area contributed by atoms with Crippen molar-refractivity contribution in [3.63, 3.8) is 0 Å². The number of ether oxygens (including phenoxy) is 3. The van der Waals surface area contributed by atoms with Gasteiger partial charge in [-0.25, -0.2) is 0 Å². The third kappa shape index (κ3) is 3.25. The lowest BCUT2D eigenvalue weighted by Gasteiger charge is -2.12. The topological polar surface area (TPSA) is 96.0 Å². The van der Waals surface area contributed by atoms with E-state index in [0.717, 1.165) is 26.0 Å². The van der Waals surface area contributed by atoms with Gasteiger partial charge in [0.25, 0.3) is 0 Å². The summed E-state index contributed by atoms with van der Waals surface area (Å²) < 4.78 is 13.5. The summed E-state index contributed by atoms with van der Waals surface area (Å²) in [6.45, 7) is 0. The third-order valence-electron chi connectivity index (χ3n) is 2.71. The van der Waals surface area contributed by atoms with Crippen LogP contribution in [-0.4, -0.2) is 55.5 Å². The SMILES string of the molecule is COC(=O)C[C@@H]1S[C@@H](C(=O)OC)[C@@H](C(=O)OC)C1=O. The van der Waals surface area contributed by atoms with E-state index in [1.54, 1.807) is 0 Å². The zero-order valence-corrected chi connectivity index (χ0v) is 11.5. The average molecular weight is 290 g/mol. The highest BCUT2D eigenvalue weighted by molar-refractivity contribution is 8.02. The molecule has 0 saturated carbocycles. The van der Waals surface area contributed by atoms with Gasteiger partial charge in [-0.15, -0.1) is 11.8 Å². The van der Waals surface area contributed by atoms with E-state index in [2.05, 4.69) is 14.2 Å². The van der Waals surface area contributed by atoms with Gasteiger partial charge in [0.05, 0.1) is 33.0 Å². The van der Waals surface area contributed by atoms with E-state index in [9.17, 15) is 19.2 Å². The highest BCUT2D eigenvalue weighted by Gasteiger charge is 2.52. The van der Waals surface area contributed by atoms with E-state index in [0.29, 0.717) is 0 Å². The second-order valence-corrected chi connectivity index (χ2v) is 5.10. The van der Waals surface area contributed by atoms with Crippen LogP contribution in [0.2, 0.25) is 0 Å². The van der Waals surface area contributed by atoms with Crippen molar-refractivity contribution in [3.8, 4) is 0 Å². The van der Waals surface area contributed by atoms with Gasteiger partial charge >= 0.3 is 17.9 Å². The first kappa shape index (κ1) is 15.5. The van der Waals surface area contributed by atoms with Crippen molar-refractivity contribution in [2.45, 2.75) is 16.9 Å². The molecule has 0 aliphatic carbocycles. The lowest BCUT2D eigenvalue weighted by Crippen LogP contribution is -2.35. The first-order valence-electron chi connectivity index (χ1n) is 5.37. The van der Waals surface area contributed by atoms with Crippen LogP contribution >= 0.6 is 11.8 Å². The molecule has 106 valence electrons. The predicted molar refractivity (Wildman–Crippen MR) is 64.3 cm³/mol. The maximum absolute atomic E-state index is 12.1. The number of carbonyl (C=O) groups excluding carboxylic acids is 4. The first-order valence-corrected chi connectivity index (χ1v) is 6.32. The van der Waals surface area contributed by atoms with Crippen molar-refractivity contribution >= 4 is 35.5 Å². The lowest BCUT2D eigenvalue weighted by molar-refractivity contribution is -0.154. The molecule has 0 aromatic carbocycles. The Morgan fingerprint density at radius 3 is 2.11 bits per heavy atom. The summed E-state index contributed by atoms with van der Waals surface area (Å²) in [6.07, 6.45) is -0.193. The molecule has 1 heterocycles. The molecule has 1 aliphatic rings. The van der Waals surface area contributed by atoms with Crippen LogP contribution in [0.3, 0.4) is 0 Å². The fraction of sp³-hybridized carbons (Fsp3) is 0.636. The zero-order chi connectivity index (χ0) is 14.6. The Kier molecular flexibility index (Phi) is 5.34. The number of ketones is 1. The minimum absolute atomic E-state index is 0.193. The second-order valence-electron chi connectivity index (χ2n) is 3.75. The zero-order valence-electron chi connectivity index (χ0n) is 10.7. The van der Waals surface area contributed by atoms with E-state index in [4.69, 9.17) is 0 Å². The van der Waals surface area contributed by atoms with Crippen LogP contribution in [-0.2, 0) is 33.4 Å². The number of thioether (sulfide) groups is 1.